The van der Waals surface area contributed by atoms with E-state index in [1.165, 1.54) is 41.4 Å². The Morgan fingerprint density at radius 1 is 1.44 bits per heavy atom. The molecule has 0 radical (unpaired) electrons. The van der Waals surface area contributed by atoms with Gasteiger partial charge < -0.3 is 15.0 Å². The topological polar surface area (TPSA) is 37.0 Å². The number of hydrogen-bond acceptors (Lipinski definition) is 2. The highest BCUT2D eigenvalue weighted by Crippen LogP contribution is 2.36. The minimum atomic E-state index is 0.622. The van der Waals surface area contributed by atoms with Crippen LogP contribution in [0.25, 0.3) is 10.9 Å². The minimum absolute atomic E-state index is 0.622. The SMILES string of the molecule is CNCC1CCCc2c1[nH]c1cc(OC)ccc21. The molecule has 3 rings (SSSR count). The summed E-state index contributed by atoms with van der Waals surface area (Å²) in [6.07, 6.45) is 3.76. The van der Waals surface area contributed by atoms with Gasteiger partial charge in [0.25, 0.3) is 0 Å². The Hall–Kier alpha value is -1.48. The lowest BCUT2D eigenvalue weighted by Crippen LogP contribution is -2.21. The van der Waals surface area contributed by atoms with E-state index in [2.05, 4.69) is 28.5 Å². The van der Waals surface area contributed by atoms with Crippen LogP contribution in [0.5, 0.6) is 5.75 Å². The fraction of sp³-hybridized carbons (Fsp3) is 0.467. The van der Waals surface area contributed by atoms with Gasteiger partial charge in [0.15, 0.2) is 0 Å². The summed E-state index contributed by atoms with van der Waals surface area (Å²) in [7, 11) is 3.74. The monoisotopic (exact) mass is 244 g/mol. The van der Waals surface area contributed by atoms with E-state index in [1.54, 1.807) is 7.11 Å². The van der Waals surface area contributed by atoms with Crippen LogP contribution in [0.2, 0.25) is 0 Å². The van der Waals surface area contributed by atoms with Gasteiger partial charge in [0.2, 0.25) is 0 Å². The molecular formula is C15H20N2O. The highest BCUT2D eigenvalue weighted by Gasteiger charge is 2.23. The Morgan fingerprint density at radius 3 is 3.11 bits per heavy atom. The molecule has 18 heavy (non-hydrogen) atoms. The molecule has 2 aromatic rings. The van der Waals surface area contributed by atoms with Crippen molar-refractivity contribution >= 4 is 10.9 Å². The number of ether oxygens (including phenoxy) is 1. The summed E-state index contributed by atoms with van der Waals surface area (Å²) in [6, 6.07) is 6.34. The zero-order valence-electron chi connectivity index (χ0n) is 11.0. The third-order valence-corrected chi connectivity index (χ3v) is 3.98. The first-order chi connectivity index (χ1) is 8.83. The number of nitrogens with one attached hydrogen (secondary N) is 2. The third kappa shape index (κ3) is 1.79. The van der Waals surface area contributed by atoms with Crippen LogP contribution in [0.3, 0.4) is 0 Å². The third-order valence-electron chi connectivity index (χ3n) is 3.98. The average molecular weight is 244 g/mol. The van der Waals surface area contributed by atoms with Gasteiger partial charge in [-0.2, -0.15) is 0 Å². The van der Waals surface area contributed by atoms with E-state index < -0.39 is 0 Å². The summed E-state index contributed by atoms with van der Waals surface area (Å²) in [4.78, 5) is 3.61. The highest BCUT2D eigenvalue weighted by molar-refractivity contribution is 5.86. The van der Waals surface area contributed by atoms with Crippen LogP contribution in [0, 0.1) is 0 Å². The van der Waals surface area contributed by atoms with Crippen molar-refractivity contribution in [3.8, 4) is 5.75 Å². The maximum atomic E-state index is 5.30. The van der Waals surface area contributed by atoms with Crippen molar-refractivity contribution in [2.75, 3.05) is 20.7 Å². The number of hydrogen-bond donors (Lipinski definition) is 2. The van der Waals surface area contributed by atoms with E-state index in [0.717, 1.165) is 12.3 Å². The average Bonchev–Trinajstić information content (AvgIpc) is 2.78. The Bertz CT molecular complexity index is 559. The number of fused-ring (bicyclic) bond motifs is 3. The summed E-state index contributed by atoms with van der Waals surface area (Å²) in [5.41, 5.74) is 4.15. The smallest absolute Gasteiger partial charge is 0.120 e. The molecule has 0 saturated heterocycles. The number of likely N-dealkylation sites (N-methyl/N-ethyl adjacent to an activating group) is 1. The zero-order chi connectivity index (χ0) is 12.5. The van der Waals surface area contributed by atoms with Crippen LogP contribution in [0.4, 0.5) is 0 Å². The van der Waals surface area contributed by atoms with Gasteiger partial charge in [-0.1, -0.05) is 0 Å². The van der Waals surface area contributed by atoms with Crippen LogP contribution in [-0.4, -0.2) is 25.7 Å². The summed E-state index contributed by atoms with van der Waals surface area (Å²) < 4.78 is 5.30. The maximum Gasteiger partial charge on any atom is 0.120 e. The number of aryl methyl sites for hydroxylation is 1. The number of benzene rings is 1. The van der Waals surface area contributed by atoms with E-state index in [0.29, 0.717) is 5.92 Å². The molecule has 1 aromatic heterocycles. The molecule has 0 aliphatic heterocycles. The molecule has 1 aromatic carbocycles. The molecule has 0 saturated carbocycles. The molecule has 1 atom stereocenters. The number of methoxy groups -OCH3 is 1. The van der Waals surface area contributed by atoms with Crippen LogP contribution in [0.1, 0.15) is 30.0 Å². The standard InChI is InChI=1S/C15H20N2O/c1-16-9-10-4-3-5-13-12-7-6-11(18-2)8-14(12)17-15(10)13/h6-8,10,16-17H,3-5,9H2,1-2H3. The predicted molar refractivity (Wildman–Crippen MR) is 74.5 cm³/mol. The van der Waals surface area contributed by atoms with Crippen molar-refractivity contribution in [3.63, 3.8) is 0 Å². The first kappa shape index (κ1) is 11.6. The van der Waals surface area contributed by atoms with Gasteiger partial charge in [-0.15, -0.1) is 0 Å². The van der Waals surface area contributed by atoms with Crippen molar-refractivity contribution in [1.29, 1.82) is 0 Å². The molecule has 0 bridgehead atoms. The molecule has 1 aliphatic rings. The van der Waals surface area contributed by atoms with Crippen LogP contribution in [0.15, 0.2) is 18.2 Å². The molecule has 96 valence electrons. The van der Waals surface area contributed by atoms with Crippen molar-refractivity contribution in [3.05, 3.63) is 29.5 Å². The summed E-state index contributed by atoms with van der Waals surface area (Å²) in [5.74, 6) is 1.54. The molecule has 3 nitrogen and oxygen atoms in total. The van der Waals surface area contributed by atoms with Crippen molar-refractivity contribution in [1.82, 2.24) is 10.3 Å². The molecular weight excluding hydrogens is 224 g/mol. The van der Waals surface area contributed by atoms with E-state index in [9.17, 15) is 0 Å². The second kappa shape index (κ2) is 4.65. The van der Waals surface area contributed by atoms with Gasteiger partial charge in [0, 0.05) is 35.1 Å². The lowest BCUT2D eigenvalue weighted by atomic mass is 9.87. The van der Waals surface area contributed by atoms with Gasteiger partial charge in [0.1, 0.15) is 5.75 Å². The first-order valence-corrected chi connectivity index (χ1v) is 6.66. The molecule has 1 aliphatic carbocycles. The van der Waals surface area contributed by atoms with E-state index in [-0.39, 0.29) is 0 Å². The lowest BCUT2D eigenvalue weighted by molar-refractivity contribution is 0.415. The number of aromatic nitrogens is 1. The van der Waals surface area contributed by atoms with E-state index >= 15 is 0 Å². The van der Waals surface area contributed by atoms with Crippen molar-refractivity contribution in [2.24, 2.45) is 0 Å². The molecule has 0 amide bonds. The molecule has 3 heteroatoms. The number of rotatable bonds is 3. The largest absolute Gasteiger partial charge is 0.497 e. The van der Waals surface area contributed by atoms with Crippen molar-refractivity contribution in [2.45, 2.75) is 25.2 Å². The molecule has 1 heterocycles. The van der Waals surface area contributed by atoms with Crippen molar-refractivity contribution < 1.29 is 4.74 Å². The molecule has 0 spiro atoms. The quantitative estimate of drug-likeness (QED) is 0.871. The van der Waals surface area contributed by atoms with Gasteiger partial charge in [-0.05, 0) is 44.0 Å². The Labute approximate surface area is 108 Å². The van der Waals surface area contributed by atoms with Gasteiger partial charge in [0.05, 0.1) is 7.11 Å². The van der Waals surface area contributed by atoms with E-state index in [1.807, 2.05) is 7.05 Å². The molecule has 0 fully saturated rings. The Kier molecular flexibility index (Phi) is 3.00. The Morgan fingerprint density at radius 2 is 2.33 bits per heavy atom. The summed E-state index contributed by atoms with van der Waals surface area (Å²) >= 11 is 0. The predicted octanol–water partition coefficient (Wildman–Crippen LogP) is 2.82. The van der Waals surface area contributed by atoms with Crippen LogP contribution in [-0.2, 0) is 6.42 Å². The highest BCUT2D eigenvalue weighted by atomic mass is 16.5. The second-order valence-electron chi connectivity index (χ2n) is 5.08. The molecule has 2 N–H and O–H groups in total. The fourth-order valence-corrected chi connectivity index (χ4v) is 3.12. The van der Waals surface area contributed by atoms with Crippen LogP contribution < -0.4 is 10.1 Å². The maximum absolute atomic E-state index is 5.30. The summed E-state index contributed by atoms with van der Waals surface area (Å²) in [5, 5.41) is 4.67. The summed E-state index contributed by atoms with van der Waals surface area (Å²) in [6.45, 7) is 1.05. The van der Waals surface area contributed by atoms with E-state index in [4.69, 9.17) is 4.74 Å². The number of H-pyrrole nitrogens is 1. The fourth-order valence-electron chi connectivity index (χ4n) is 3.12. The second-order valence-corrected chi connectivity index (χ2v) is 5.08. The normalized spacial score (nSPS) is 18.9. The molecule has 1 unspecified atom stereocenters. The van der Waals surface area contributed by atoms with Gasteiger partial charge in [-0.3, -0.25) is 0 Å². The van der Waals surface area contributed by atoms with Crippen LogP contribution >= 0.6 is 0 Å². The Balaban J connectivity index is 2.10. The first-order valence-electron chi connectivity index (χ1n) is 6.66. The van der Waals surface area contributed by atoms with Gasteiger partial charge in [-0.25, -0.2) is 0 Å². The minimum Gasteiger partial charge on any atom is -0.497 e. The number of aromatic amines is 1. The zero-order valence-corrected chi connectivity index (χ0v) is 11.0. The lowest BCUT2D eigenvalue weighted by Gasteiger charge is -2.22. The van der Waals surface area contributed by atoms with Gasteiger partial charge >= 0.3 is 0 Å².